The van der Waals surface area contributed by atoms with Crippen LogP contribution >= 0.6 is 0 Å². The minimum absolute atomic E-state index is 0.0860. The highest BCUT2D eigenvalue weighted by molar-refractivity contribution is 6.04. The number of amides is 1. The summed E-state index contributed by atoms with van der Waals surface area (Å²) in [5.74, 6) is 1.00. The number of rotatable bonds is 6. The highest BCUT2D eigenvalue weighted by atomic mass is 16.1. The van der Waals surface area contributed by atoms with Crippen molar-refractivity contribution in [1.82, 2.24) is 14.9 Å². The van der Waals surface area contributed by atoms with E-state index in [1.165, 1.54) is 24.0 Å². The number of hydrogen-bond acceptors (Lipinski definition) is 4. The molecule has 1 aromatic heterocycles. The van der Waals surface area contributed by atoms with Gasteiger partial charge in [-0.1, -0.05) is 30.3 Å². The van der Waals surface area contributed by atoms with Crippen LogP contribution in [0.1, 0.15) is 59.5 Å². The van der Waals surface area contributed by atoms with Crippen LogP contribution in [0.15, 0.2) is 85.5 Å². The highest BCUT2D eigenvalue weighted by Gasteiger charge is 2.25. The highest BCUT2D eigenvalue weighted by Crippen LogP contribution is 2.40. The minimum Gasteiger partial charge on any atom is -0.377 e. The lowest BCUT2D eigenvalue weighted by atomic mass is 9.91. The molecule has 5 heteroatoms. The molecule has 1 aliphatic carbocycles. The fourth-order valence-electron chi connectivity index (χ4n) is 5.30. The predicted octanol–water partition coefficient (Wildman–Crippen LogP) is 6.75. The van der Waals surface area contributed by atoms with Gasteiger partial charge in [0.2, 0.25) is 0 Å². The van der Waals surface area contributed by atoms with E-state index in [0.717, 1.165) is 47.2 Å². The second kappa shape index (κ2) is 9.57. The van der Waals surface area contributed by atoms with Gasteiger partial charge in [0.15, 0.2) is 0 Å². The van der Waals surface area contributed by atoms with Crippen molar-refractivity contribution < 1.29 is 4.79 Å². The molecular weight excluding hydrogens is 444 g/mol. The first-order valence-electron chi connectivity index (χ1n) is 12.8. The number of carbonyl (C=O) groups is 1. The normalized spacial score (nSPS) is 17.7. The average molecular weight is 475 g/mol. The monoisotopic (exact) mass is 474 g/mol. The largest absolute Gasteiger partial charge is 0.377 e. The van der Waals surface area contributed by atoms with Gasteiger partial charge in [0, 0.05) is 41.8 Å². The Morgan fingerprint density at radius 1 is 1.00 bits per heavy atom. The molecule has 2 aliphatic rings. The fraction of sp³-hybridized carbons (Fsp3) is 0.258. The van der Waals surface area contributed by atoms with Gasteiger partial charge < -0.3 is 10.2 Å². The first-order chi connectivity index (χ1) is 17.7. The zero-order chi connectivity index (χ0) is 24.5. The van der Waals surface area contributed by atoms with Crippen molar-refractivity contribution in [3.63, 3.8) is 0 Å². The van der Waals surface area contributed by atoms with Crippen LogP contribution in [0.25, 0.3) is 22.0 Å². The third kappa shape index (κ3) is 4.61. The number of benzene rings is 3. The molecule has 1 unspecified atom stereocenters. The van der Waals surface area contributed by atoms with Crippen molar-refractivity contribution in [2.45, 2.75) is 38.0 Å². The molecule has 1 atom stereocenters. The van der Waals surface area contributed by atoms with Crippen molar-refractivity contribution in [1.29, 1.82) is 0 Å². The molecule has 0 spiro atoms. The van der Waals surface area contributed by atoms with Crippen LogP contribution in [0.2, 0.25) is 0 Å². The Morgan fingerprint density at radius 3 is 2.67 bits per heavy atom. The molecule has 6 rings (SSSR count). The maximum Gasteiger partial charge on any atom is 0.255 e. The van der Waals surface area contributed by atoms with E-state index in [-0.39, 0.29) is 5.91 Å². The average Bonchev–Trinajstić information content (AvgIpc) is 3.67. The molecule has 3 aromatic carbocycles. The Hall–Kier alpha value is -3.99. The van der Waals surface area contributed by atoms with Crippen LogP contribution in [0, 0.1) is 0 Å². The molecule has 1 amide bonds. The van der Waals surface area contributed by atoms with E-state index in [9.17, 15) is 4.79 Å². The molecule has 1 N–H and O–H groups in total. The lowest BCUT2D eigenvalue weighted by Gasteiger charge is -2.16. The zero-order valence-corrected chi connectivity index (χ0v) is 20.5. The zero-order valence-electron chi connectivity index (χ0n) is 20.5. The Labute approximate surface area is 211 Å². The number of anilines is 1. The molecule has 1 saturated carbocycles. The van der Waals surface area contributed by atoms with E-state index in [1.54, 1.807) is 6.33 Å². The molecule has 0 bridgehead atoms. The molecule has 2 heterocycles. The molecule has 36 heavy (non-hydrogen) atoms. The molecule has 180 valence electrons. The predicted molar refractivity (Wildman–Crippen MR) is 145 cm³/mol. The molecule has 5 nitrogen and oxygen atoms in total. The topological polar surface area (TPSA) is 58.1 Å². The Morgan fingerprint density at radius 2 is 1.86 bits per heavy atom. The van der Waals surface area contributed by atoms with Crippen LogP contribution in [0.4, 0.5) is 5.69 Å². The maximum atomic E-state index is 12.9. The number of allylic oxidation sites excluding steroid dienone is 1. The van der Waals surface area contributed by atoms with Gasteiger partial charge in [-0.25, -0.2) is 9.97 Å². The fourth-order valence-corrected chi connectivity index (χ4v) is 5.30. The minimum atomic E-state index is -0.0860. The van der Waals surface area contributed by atoms with Crippen LogP contribution < -0.4 is 5.32 Å². The van der Waals surface area contributed by atoms with Gasteiger partial charge in [0.25, 0.3) is 5.91 Å². The Bertz CT molecular complexity index is 1440. The summed E-state index contributed by atoms with van der Waals surface area (Å²) in [7, 11) is 0. The van der Waals surface area contributed by atoms with Gasteiger partial charge in [0.1, 0.15) is 6.33 Å². The van der Waals surface area contributed by atoms with Gasteiger partial charge in [-0.2, -0.15) is 0 Å². The van der Waals surface area contributed by atoms with Gasteiger partial charge in [-0.3, -0.25) is 4.79 Å². The summed E-state index contributed by atoms with van der Waals surface area (Å²) in [4.78, 5) is 24.2. The SMILES string of the molecule is CC=CN1CCC(c2cc(-c3ccc(C(=O)Nc4cccc(C5CC5)c4)cc3)cc3cncnc23)C1. The molecule has 1 aliphatic heterocycles. The summed E-state index contributed by atoms with van der Waals surface area (Å²) in [6.45, 7) is 4.11. The standard InChI is InChI=1S/C31H30N4O/c1-2-13-35-14-12-25(19-35)29-17-26(15-27-18-32-20-33-30(27)29)22-8-10-23(11-9-22)31(36)34-28-5-3-4-24(16-28)21-6-7-21/h2-5,8-11,13,15-18,20-21,25H,6-7,12,14,19H2,1H3,(H,34,36). The van der Waals surface area contributed by atoms with Crippen molar-refractivity contribution in [2.24, 2.45) is 0 Å². The van der Waals surface area contributed by atoms with Crippen molar-refractivity contribution >= 4 is 22.5 Å². The van der Waals surface area contributed by atoms with E-state index in [0.29, 0.717) is 17.4 Å². The lowest BCUT2D eigenvalue weighted by molar-refractivity contribution is 0.102. The van der Waals surface area contributed by atoms with Crippen molar-refractivity contribution in [2.75, 3.05) is 18.4 Å². The maximum absolute atomic E-state index is 12.9. The molecular formula is C31H30N4O. The van der Waals surface area contributed by atoms with Crippen LogP contribution in [-0.4, -0.2) is 33.9 Å². The second-order valence-corrected chi connectivity index (χ2v) is 9.92. The van der Waals surface area contributed by atoms with Gasteiger partial charge in [0.05, 0.1) is 5.52 Å². The van der Waals surface area contributed by atoms with Crippen molar-refractivity contribution in [3.8, 4) is 11.1 Å². The van der Waals surface area contributed by atoms with E-state index >= 15 is 0 Å². The summed E-state index contributed by atoms with van der Waals surface area (Å²) >= 11 is 0. The number of carbonyl (C=O) groups excluding carboxylic acids is 1. The number of hydrogen-bond donors (Lipinski definition) is 1. The summed E-state index contributed by atoms with van der Waals surface area (Å²) < 4.78 is 0. The van der Waals surface area contributed by atoms with Crippen LogP contribution in [0.5, 0.6) is 0 Å². The smallest absolute Gasteiger partial charge is 0.255 e. The summed E-state index contributed by atoms with van der Waals surface area (Å²) in [5.41, 5.74) is 7.34. The lowest BCUT2D eigenvalue weighted by Crippen LogP contribution is -2.12. The number of nitrogens with one attached hydrogen (secondary N) is 1. The van der Waals surface area contributed by atoms with E-state index < -0.39 is 0 Å². The molecule has 1 saturated heterocycles. The Kier molecular flexibility index (Phi) is 5.98. The third-order valence-electron chi connectivity index (χ3n) is 7.33. The number of nitrogens with zero attached hydrogens (tertiary/aromatic N) is 3. The van der Waals surface area contributed by atoms with Gasteiger partial charge in [-0.05, 0) is 97.0 Å². The van der Waals surface area contributed by atoms with Crippen LogP contribution in [-0.2, 0) is 0 Å². The molecule has 0 radical (unpaired) electrons. The second-order valence-electron chi connectivity index (χ2n) is 9.92. The first kappa shape index (κ1) is 22.5. The summed E-state index contributed by atoms with van der Waals surface area (Å²) in [6, 6.07) is 20.5. The number of fused-ring (bicyclic) bond motifs is 1. The quantitative estimate of drug-likeness (QED) is 0.336. The van der Waals surface area contributed by atoms with Crippen molar-refractivity contribution in [3.05, 3.63) is 102 Å². The van der Waals surface area contributed by atoms with Gasteiger partial charge in [-0.15, -0.1) is 0 Å². The summed E-state index contributed by atoms with van der Waals surface area (Å²) in [6.07, 6.45) is 11.4. The van der Waals surface area contributed by atoms with Gasteiger partial charge >= 0.3 is 0 Å². The summed E-state index contributed by atoms with van der Waals surface area (Å²) in [5, 5.41) is 4.11. The van der Waals surface area contributed by atoms with E-state index in [4.69, 9.17) is 0 Å². The van der Waals surface area contributed by atoms with E-state index in [2.05, 4.69) is 63.6 Å². The first-order valence-corrected chi connectivity index (χ1v) is 12.8. The number of aromatic nitrogens is 2. The molecule has 2 fully saturated rings. The van der Waals surface area contributed by atoms with E-state index in [1.807, 2.05) is 42.6 Å². The number of likely N-dealkylation sites (tertiary alicyclic amines) is 1. The molecule has 4 aromatic rings. The Balaban J connectivity index is 1.25. The van der Waals surface area contributed by atoms with Crippen LogP contribution in [0.3, 0.4) is 0 Å². The third-order valence-corrected chi connectivity index (χ3v) is 7.33.